The predicted octanol–water partition coefficient (Wildman–Crippen LogP) is 1.45. The summed E-state index contributed by atoms with van der Waals surface area (Å²) in [5, 5.41) is 11.6. The number of nitrogens with one attached hydrogen (secondary N) is 1. The lowest BCUT2D eigenvalue weighted by Crippen LogP contribution is -2.47. The van der Waals surface area contributed by atoms with E-state index in [0.29, 0.717) is 31.3 Å². The molecule has 1 aliphatic carbocycles. The predicted molar refractivity (Wildman–Crippen MR) is 73.5 cm³/mol. The SMILES string of the molecule is CCC1(CNC(=O)N2CCC(OCC(=O)O)CC2)CC1. The number of carbonyl (C=O) groups is 2. The molecule has 0 atom stereocenters. The molecule has 2 amide bonds. The largest absolute Gasteiger partial charge is 0.480 e. The molecule has 0 radical (unpaired) electrons. The molecule has 6 nitrogen and oxygen atoms in total. The van der Waals surface area contributed by atoms with Gasteiger partial charge in [0, 0.05) is 19.6 Å². The average Bonchev–Trinajstić information content (AvgIpc) is 3.24. The Kier molecular flexibility index (Phi) is 4.86. The van der Waals surface area contributed by atoms with Crippen molar-refractivity contribution < 1.29 is 19.4 Å². The highest BCUT2D eigenvalue weighted by Crippen LogP contribution is 2.47. The summed E-state index contributed by atoms with van der Waals surface area (Å²) in [7, 11) is 0. The summed E-state index contributed by atoms with van der Waals surface area (Å²) in [5.74, 6) is -0.945. The van der Waals surface area contributed by atoms with Gasteiger partial charge in [0.05, 0.1) is 6.10 Å². The van der Waals surface area contributed by atoms with Crippen LogP contribution >= 0.6 is 0 Å². The average molecular weight is 284 g/mol. The fourth-order valence-electron chi connectivity index (χ4n) is 2.62. The van der Waals surface area contributed by atoms with Crippen LogP contribution in [-0.2, 0) is 9.53 Å². The second kappa shape index (κ2) is 6.43. The van der Waals surface area contributed by atoms with Crippen LogP contribution in [0.15, 0.2) is 0 Å². The first-order valence-corrected chi connectivity index (χ1v) is 7.41. The van der Waals surface area contributed by atoms with Gasteiger partial charge in [-0.1, -0.05) is 6.92 Å². The van der Waals surface area contributed by atoms with Gasteiger partial charge in [0.15, 0.2) is 0 Å². The number of piperidine rings is 1. The number of amides is 2. The Balaban J connectivity index is 1.65. The summed E-state index contributed by atoms with van der Waals surface area (Å²) >= 11 is 0. The summed E-state index contributed by atoms with van der Waals surface area (Å²) in [4.78, 5) is 24.3. The third kappa shape index (κ3) is 4.10. The van der Waals surface area contributed by atoms with Crippen LogP contribution in [0.25, 0.3) is 0 Å². The third-order valence-corrected chi connectivity index (χ3v) is 4.49. The van der Waals surface area contributed by atoms with Gasteiger partial charge < -0.3 is 20.1 Å². The molecular formula is C14H24N2O4. The van der Waals surface area contributed by atoms with Crippen LogP contribution in [0.1, 0.15) is 39.0 Å². The highest BCUT2D eigenvalue weighted by atomic mass is 16.5. The van der Waals surface area contributed by atoms with Gasteiger partial charge in [-0.05, 0) is 37.5 Å². The molecule has 0 bridgehead atoms. The molecule has 2 fully saturated rings. The lowest BCUT2D eigenvalue weighted by Gasteiger charge is -2.32. The number of rotatable bonds is 6. The first-order chi connectivity index (χ1) is 9.54. The molecule has 0 aromatic rings. The number of hydrogen-bond acceptors (Lipinski definition) is 3. The first-order valence-electron chi connectivity index (χ1n) is 7.41. The van der Waals surface area contributed by atoms with Crippen LogP contribution < -0.4 is 5.32 Å². The normalized spacial score (nSPS) is 21.6. The third-order valence-electron chi connectivity index (χ3n) is 4.49. The molecule has 20 heavy (non-hydrogen) atoms. The van der Waals surface area contributed by atoms with E-state index in [4.69, 9.17) is 9.84 Å². The number of carbonyl (C=O) groups excluding carboxylic acids is 1. The number of likely N-dealkylation sites (tertiary alicyclic amines) is 1. The van der Waals surface area contributed by atoms with Crippen molar-refractivity contribution >= 4 is 12.0 Å². The van der Waals surface area contributed by atoms with E-state index < -0.39 is 5.97 Å². The maximum absolute atomic E-state index is 12.0. The molecule has 114 valence electrons. The molecule has 1 heterocycles. The second-order valence-electron chi connectivity index (χ2n) is 5.90. The fraction of sp³-hybridized carbons (Fsp3) is 0.857. The van der Waals surface area contributed by atoms with E-state index in [2.05, 4.69) is 12.2 Å². The minimum absolute atomic E-state index is 0.00131. The van der Waals surface area contributed by atoms with Crippen LogP contribution in [0.5, 0.6) is 0 Å². The molecule has 2 aliphatic rings. The van der Waals surface area contributed by atoms with Crippen LogP contribution in [-0.4, -0.2) is 54.4 Å². The molecule has 1 aliphatic heterocycles. The Morgan fingerprint density at radius 1 is 1.35 bits per heavy atom. The molecule has 0 unspecified atom stereocenters. The van der Waals surface area contributed by atoms with E-state index in [-0.39, 0.29) is 18.7 Å². The van der Waals surface area contributed by atoms with Crippen molar-refractivity contribution in [2.45, 2.75) is 45.1 Å². The number of hydrogen-bond donors (Lipinski definition) is 2. The van der Waals surface area contributed by atoms with Crippen LogP contribution in [0.3, 0.4) is 0 Å². The van der Waals surface area contributed by atoms with E-state index in [9.17, 15) is 9.59 Å². The molecule has 2 rings (SSSR count). The van der Waals surface area contributed by atoms with Crippen molar-refractivity contribution in [3.8, 4) is 0 Å². The molecule has 1 saturated heterocycles. The summed E-state index contributed by atoms with van der Waals surface area (Å²) in [5.41, 5.74) is 0.360. The van der Waals surface area contributed by atoms with Crippen molar-refractivity contribution in [2.75, 3.05) is 26.2 Å². The number of urea groups is 1. The van der Waals surface area contributed by atoms with E-state index in [1.165, 1.54) is 12.8 Å². The molecule has 6 heteroatoms. The fourth-order valence-corrected chi connectivity index (χ4v) is 2.62. The summed E-state index contributed by atoms with van der Waals surface area (Å²) in [6, 6.07) is 0.00131. The zero-order chi connectivity index (χ0) is 14.6. The summed E-state index contributed by atoms with van der Waals surface area (Å²) in [6.45, 7) is 3.96. The second-order valence-corrected chi connectivity index (χ2v) is 5.90. The highest BCUT2D eigenvalue weighted by molar-refractivity contribution is 5.74. The molecule has 1 saturated carbocycles. The monoisotopic (exact) mass is 284 g/mol. The van der Waals surface area contributed by atoms with E-state index in [0.717, 1.165) is 13.0 Å². The van der Waals surface area contributed by atoms with Gasteiger partial charge in [-0.15, -0.1) is 0 Å². The number of ether oxygens (including phenoxy) is 1. The first kappa shape index (κ1) is 15.1. The van der Waals surface area contributed by atoms with Gasteiger partial charge >= 0.3 is 12.0 Å². The maximum Gasteiger partial charge on any atom is 0.329 e. The number of aliphatic carboxylic acids is 1. The minimum Gasteiger partial charge on any atom is -0.480 e. The van der Waals surface area contributed by atoms with E-state index >= 15 is 0 Å². The smallest absolute Gasteiger partial charge is 0.329 e. The van der Waals surface area contributed by atoms with Crippen molar-refractivity contribution in [2.24, 2.45) is 5.41 Å². The standard InChI is InChI=1S/C14H24N2O4/c1-2-14(5-6-14)10-15-13(19)16-7-3-11(4-8-16)20-9-12(17)18/h11H,2-10H2,1H3,(H,15,19)(H,17,18). The number of nitrogens with zero attached hydrogens (tertiary/aromatic N) is 1. The zero-order valence-electron chi connectivity index (χ0n) is 12.1. The lowest BCUT2D eigenvalue weighted by molar-refractivity contribution is -0.145. The zero-order valence-corrected chi connectivity index (χ0v) is 12.1. The van der Waals surface area contributed by atoms with Crippen LogP contribution in [0.4, 0.5) is 4.79 Å². The Hall–Kier alpha value is -1.30. The molecular weight excluding hydrogens is 260 g/mol. The van der Waals surface area contributed by atoms with Crippen molar-refractivity contribution in [1.29, 1.82) is 0 Å². The van der Waals surface area contributed by atoms with E-state index in [1.54, 1.807) is 4.90 Å². The summed E-state index contributed by atoms with van der Waals surface area (Å²) in [6.07, 6.45) is 4.93. The van der Waals surface area contributed by atoms with Crippen LogP contribution in [0, 0.1) is 5.41 Å². The van der Waals surface area contributed by atoms with Gasteiger partial charge in [-0.2, -0.15) is 0 Å². The Labute approximate surface area is 119 Å². The number of carboxylic acid groups (broad SMARTS) is 1. The van der Waals surface area contributed by atoms with Crippen molar-refractivity contribution in [3.63, 3.8) is 0 Å². The maximum atomic E-state index is 12.0. The van der Waals surface area contributed by atoms with Gasteiger partial charge in [0.1, 0.15) is 6.61 Å². The van der Waals surface area contributed by atoms with Crippen LogP contribution in [0.2, 0.25) is 0 Å². The van der Waals surface area contributed by atoms with Gasteiger partial charge in [-0.25, -0.2) is 9.59 Å². The van der Waals surface area contributed by atoms with Crippen molar-refractivity contribution in [1.82, 2.24) is 10.2 Å². The quantitative estimate of drug-likeness (QED) is 0.774. The summed E-state index contributed by atoms with van der Waals surface area (Å²) < 4.78 is 5.26. The molecule has 2 N–H and O–H groups in total. The van der Waals surface area contributed by atoms with Gasteiger partial charge in [-0.3, -0.25) is 0 Å². The minimum atomic E-state index is -0.945. The van der Waals surface area contributed by atoms with Gasteiger partial charge in [0.2, 0.25) is 0 Å². The number of carboxylic acids is 1. The Bertz CT molecular complexity index is 360. The van der Waals surface area contributed by atoms with Crippen molar-refractivity contribution in [3.05, 3.63) is 0 Å². The molecule has 0 aromatic carbocycles. The molecule has 0 spiro atoms. The van der Waals surface area contributed by atoms with E-state index in [1.807, 2.05) is 0 Å². The highest BCUT2D eigenvalue weighted by Gasteiger charge is 2.41. The van der Waals surface area contributed by atoms with Gasteiger partial charge in [0.25, 0.3) is 0 Å². The molecule has 0 aromatic heterocycles. The topological polar surface area (TPSA) is 78.9 Å². The Morgan fingerprint density at radius 3 is 2.50 bits per heavy atom. The Morgan fingerprint density at radius 2 is 2.00 bits per heavy atom. The lowest BCUT2D eigenvalue weighted by atomic mass is 10.0.